The maximum atomic E-state index is 4.62. The fourth-order valence-corrected chi connectivity index (χ4v) is 3.60. The predicted molar refractivity (Wildman–Crippen MR) is 99.0 cm³/mol. The Morgan fingerprint density at radius 1 is 1.12 bits per heavy atom. The standard InChI is InChI=1S/C17H14BrN5S/c1-11-6-7-15-19-12(9-23(15)8-11)10-24-17-20-16(21-22-17)13-4-2-3-5-14(13)18/h2-9H,10H2,1H3,(H,20,21,22). The van der Waals surface area contributed by atoms with Crippen molar-refractivity contribution in [2.75, 3.05) is 0 Å². The molecule has 4 aromatic rings. The third kappa shape index (κ3) is 3.09. The van der Waals surface area contributed by atoms with Crippen LogP contribution in [0.4, 0.5) is 0 Å². The second kappa shape index (κ2) is 6.41. The summed E-state index contributed by atoms with van der Waals surface area (Å²) in [5.74, 6) is 1.49. The van der Waals surface area contributed by atoms with Crippen LogP contribution in [-0.2, 0) is 5.75 Å². The molecule has 24 heavy (non-hydrogen) atoms. The van der Waals surface area contributed by atoms with Gasteiger partial charge in [0, 0.05) is 28.2 Å². The summed E-state index contributed by atoms with van der Waals surface area (Å²) in [6, 6.07) is 12.0. The predicted octanol–water partition coefficient (Wildman–Crippen LogP) is 4.48. The SMILES string of the molecule is Cc1ccc2nc(CSc3n[nH]c(-c4ccccc4Br)n3)cn2c1. The first kappa shape index (κ1) is 15.4. The molecule has 0 bridgehead atoms. The van der Waals surface area contributed by atoms with Gasteiger partial charge in [0.1, 0.15) is 5.65 Å². The van der Waals surface area contributed by atoms with Crippen molar-refractivity contribution in [3.05, 3.63) is 64.5 Å². The van der Waals surface area contributed by atoms with E-state index < -0.39 is 0 Å². The highest BCUT2D eigenvalue weighted by Gasteiger charge is 2.10. The van der Waals surface area contributed by atoms with E-state index in [-0.39, 0.29) is 0 Å². The fourth-order valence-electron chi connectivity index (χ4n) is 2.45. The molecule has 0 saturated carbocycles. The molecule has 0 radical (unpaired) electrons. The number of thioether (sulfide) groups is 1. The van der Waals surface area contributed by atoms with Crippen LogP contribution < -0.4 is 0 Å². The molecule has 0 aliphatic heterocycles. The van der Waals surface area contributed by atoms with Crippen LogP contribution in [0.25, 0.3) is 17.0 Å². The lowest BCUT2D eigenvalue weighted by Crippen LogP contribution is -1.83. The summed E-state index contributed by atoms with van der Waals surface area (Å²) < 4.78 is 3.05. The molecule has 0 fully saturated rings. The number of aryl methyl sites for hydroxylation is 1. The highest BCUT2D eigenvalue weighted by atomic mass is 79.9. The number of pyridine rings is 1. The zero-order chi connectivity index (χ0) is 16.5. The van der Waals surface area contributed by atoms with Gasteiger partial charge in [-0.15, -0.1) is 5.10 Å². The number of hydrogen-bond donors (Lipinski definition) is 1. The van der Waals surface area contributed by atoms with E-state index >= 15 is 0 Å². The maximum Gasteiger partial charge on any atom is 0.209 e. The smallest absolute Gasteiger partial charge is 0.209 e. The van der Waals surface area contributed by atoms with Crippen LogP contribution >= 0.6 is 27.7 Å². The summed E-state index contributed by atoms with van der Waals surface area (Å²) in [7, 11) is 0. The van der Waals surface area contributed by atoms with Crippen LogP contribution in [0, 0.1) is 6.92 Å². The first-order valence-electron chi connectivity index (χ1n) is 7.43. The molecular weight excluding hydrogens is 386 g/mol. The van der Waals surface area contributed by atoms with E-state index in [1.165, 1.54) is 5.56 Å². The van der Waals surface area contributed by atoms with Crippen LogP contribution in [0.3, 0.4) is 0 Å². The lowest BCUT2D eigenvalue weighted by Gasteiger charge is -1.98. The number of benzene rings is 1. The number of halogens is 1. The average Bonchev–Trinajstić information content (AvgIpc) is 3.19. The first-order chi connectivity index (χ1) is 11.7. The molecule has 3 aromatic heterocycles. The summed E-state index contributed by atoms with van der Waals surface area (Å²) in [6.07, 6.45) is 4.13. The number of aromatic nitrogens is 5. The molecule has 120 valence electrons. The van der Waals surface area contributed by atoms with Crippen LogP contribution in [0.2, 0.25) is 0 Å². The fraction of sp³-hybridized carbons (Fsp3) is 0.118. The van der Waals surface area contributed by atoms with Gasteiger partial charge >= 0.3 is 0 Å². The minimum absolute atomic E-state index is 0.717. The van der Waals surface area contributed by atoms with Crippen molar-refractivity contribution in [3.8, 4) is 11.4 Å². The second-order valence-electron chi connectivity index (χ2n) is 5.44. The van der Waals surface area contributed by atoms with Crippen molar-refractivity contribution in [1.29, 1.82) is 0 Å². The number of nitrogens with zero attached hydrogens (tertiary/aromatic N) is 4. The molecule has 0 amide bonds. The molecule has 4 rings (SSSR count). The van der Waals surface area contributed by atoms with Crippen LogP contribution in [0.1, 0.15) is 11.3 Å². The normalized spacial score (nSPS) is 11.2. The summed E-state index contributed by atoms with van der Waals surface area (Å²) in [6.45, 7) is 2.07. The molecule has 1 aromatic carbocycles. The Kier molecular flexibility index (Phi) is 4.12. The van der Waals surface area contributed by atoms with Crippen molar-refractivity contribution in [2.24, 2.45) is 0 Å². The largest absolute Gasteiger partial charge is 0.307 e. The monoisotopic (exact) mass is 399 g/mol. The molecule has 0 saturated heterocycles. The lowest BCUT2D eigenvalue weighted by molar-refractivity contribution is 0.972. The zero-order valence-corrected chi connectivity index (χ0v) is 15.3. The Labute approximate surface area is 151 Å². The first-order valence-corrected chi connectivity index (χ1v) is 9.21. The van der Waals surface area contributed by atoms with Gasteiger partial charge in [-0.25, -0.2) is 9.97 Å². The van der Waals surface area contributed by atoms with Gasteiger partial charge in [0.15, 0.2) is 5.82 Å². The molecule has 0 atom stereocenters. The van der Waals surface area contributed by atoms with Crippen LogP contribution in [0.15, 0.2) is 58.4 Å². The topological polar surface area (TPSA) is 58.9 Å². The van der Waals surface area contributed by atoms with Crippen molar-refractivity contribution in [2.45, 2.75) is 17.8 Å². The number of nitrogens with one attached hydrogen (secondary N) is 1. The maximum absolute atomic E-state index is 4.62. The second-order valence-corrected chi connectivity index (χ2v) is 7.24. The van der Waals surface area contributed by atoms with Crippen molar-refractivity contribution < 1.29 is 0 Å². The van der Waals surface area contributed by atoms with Crippen molar-refractivity contribution >= 4 is 33.3 Å². The molecule has 0 spiro atoms. The van der Waals surface area contributed by atoms with E-state index in [4.69, 9.17) is 0 Å². The molecule has 0 aliphatic carbocycles. The quantitative estimate of drug-likeness (QED) is 0.513. The minimum Gasteiger partial charge on any atom is -0.307 e. The lowest BCUT2D eigenvalue weighted by atomic mass is 10.2. The van der Waals surface area contributed by atoms with Gasteiger partial charge in [0.25, 0.3) is 0 Å². The molecular formula is C17H14BrN5S. The Morgan fingerprint density at radius 3 is 2.88 bits per heavy atom. The summed E-state index contributed by atoms with van der Waals surface area (Å²) in [5.41, 5.74) is 4.18. The Bertz CT molecular complexity index is 1010. The number of hydrogen-bond acceptors (Lipinski definition) is 4. The molecule has 0 aliphatic rings. The van der Waals surface area contributed by atoms with Gasteiger partial charge in [-0.2, -0.15) is 0 Å². The van der Waals surface area contributed by atoms with Crippen molar-refractivity contribution in [3.63, 3.8) is 0 Å². The molecule has 1 N–H and O–H groups in total. The Balaban J connectivity index is 1.50. The number of aromatic amines is 1. The van der Waals surface area contributed by atoms with E-state index in [1.807, 2.05) is 30.3 Å². The van der Waals surface area contributed by atoms with E-state index in [1.54, 1.807) is 11.8 Å². The van der Waals surface area contributed by atoms with Crippen LogP contribution in [0.5, 0.6) is 0 Å². The zero-order valence-electron chi connectivity index (χ0n) is 12.9. The molecule has 0 unspecified atom stereocenters. The minimum atomic E-state index is 0.717. The third-order valence-electron chi connectivity index (χ3n) is 3.59. The highest BCUT2D eigenvalue weighted by molar-refractivity contribution is 9.10. The number of imidazole rings is 1. The average molecular weight is 400 g/mol. The number of H-pyrrole nitrogens is 1. The van der Waals surface area contributed by atoms with Gasteiger partial charge in [0.05, 0.1) is 5.69 Å². The van der Waals surface area contributed by atoms with Gasteiger partial charge in [0.2, 0.25) is 5.16 Å². The highest BCUT2D eigenvalue weighted by Crippen LogP contribution is 2.27. The van der Waals surface area contributed by atoms with Gasteiger partial charge < -0.3 is 4.40 Å². The third-order valence-corrected chi connectivity index (χ3v) is 5.16. The molecule has 5 nitrogen and oxygen atoms in total. The number of rotatable bonds is 4. The van der Waals surface area contributed by atoms with Crippen LogP contribution in [-0.4, -0.2) is 24.6 Å². The summed E-state index contributed by atoms with van der Waals surface area (Å²) in [5, 5.41) is 8.00. The summed E-state index contributed by atoms with van der Waals surface area (Å²) in [4.78, 5) is 9.17. The van der Waals surface area contributed by atoms with Gasteiger partial charge in [-0.1, -0.05) is 52.0 Å². The molecule has 7 heteroatoms. The van der Waals surface area contributed by atoms with Gasteiger partial charge in [-0.3, -0.25) is 5.10 Å². The van der Waals surface area contributed by atoms with E-state index in [9.17, 15) is 0 Å². The van der Waals surface area contributed by atoms with E-state index in [0.717, 1.165) is 33.0 Å². The van der Waals surface area contributed by atoms with E-state index in [0.29, 0.717) is 5.16 Å². The van der Waals surface area contributed by atoms with Gasteiger partial charge in [-0.05, 0) is 24.6 Å². The number of fused-ring (bicyclic) bond motifs is 1. The van der Waals surface area contributed by atoms with Crippen molar-refractivity contribution in [1.82, 2.24) is 24.6 Å². The Morgan fingerprint density at radius 2 is 2.00 bits per heavy atom. The molecule has 3 heterocycles. The van der Waals surface area contributed by atoms with E-state index in [2.05, 4.69) is 65.9 Å². The summed E-state index contributed by atoms with van der Waals surface area (Å²) >= 11 is 5.11. The Hall–Kier alpha value is -2.12.